The topological polar surface area (TPSA) is 9.23 Å². The highest BCUT2D eigenvalue weighted by Gasteiger charge is 1.96. The van der Waals surface area contributed by atoms with E-state index < -0.39 is 7.42 Å². The monoisotopic (exact) mass is 144 g/mol. The number of hydrogen-bond donors (Lipinski definition) is 0. The number of hydrogen-bond acceptors (Lipinski definition) is 1. The van der Waals surface area contributed by atoms with Crippen LogP contribution in [0.4, 0.5) is 0 Å². The molecule has 0 rings (SSSR count). The molecule has 0 spiro atoms. The molecule has 0 atom stereocenters. The SMILES string of the molecule is COC[SiH](Cl)Cl. The van der Waals surface area contributed by atoms with Crippen molar-refractivity contribution in [2.45, 2.75) is 0 Å². The predicted octanol–water partition coefficient (Wildman–Crippen LogP) is 0.870. The first-order valence-corrected chi connectivity index (χ1v) is 5.85. The van der Waals surface area contributed by atoms with E-state index in [2.05, 4.69) is 4.74 Å². The highest BCUT2D eigenvalue weighted by Crippen LogP contribution is 1.92. The summed E-state index contributed by atoms with van der Waals surface area (Å²) < 4.78 is 4.60. The second-order valence-corrected chi connectivity index (χ2v) is 5.79. The van der Waals surface area contributed by atoms with Crippen molar-refractivity contribution < 1.29 is 4.74 Å². The summed E-state index contributed by atoms with van der Waals surface area (Å²) in [5, 5.41) is 0. The third-order valence-corrected chi connectivity index (χ3v) is 1.63. The fourth-order valence-electron chi connectivity index (χ4n) is 0.126. The standard InChI is InChI=1S/C2H6Cl2OSi/c1-5-2-6(3)4/h6H,2H2,1H3. The van der Waals surface area contributed by atoms with Crippen LogP contribution in [0.1, 0.15) is 0 Å². The van der Waals surface area contributed by atoms with Gasteiger partial charge in [-0.05, 0) is 0 Å². The average Bonchev–Trinajstić information content (AvgIpc) is 1.35. The molecule has 0 heterocycles. The Morgan fingerprint density at radius 2 is 2.17 bits per heavy atom. The minimum atomic E-state index is -1.45. The van der Waals surface area contributed by atoms with Crippen LogP contribution in [0.25, 0.3) is 0 Å². The van der Waals surface area contributed by atoms with Crippen molar-refractivity contribution in [1.29, 1.82) is 0 Å². The molecule has 0 aliphatic rings. The second-order valence-electron chi connectivity index (χ2n) is 0.846. The highest BCUT2D eigenvalue weighted by atomic mass is 35.7. The molecule has 0 fully saturated rings. The Morgan fingerprint density at radius 1 is 1.67 bits per heavy atom. The molecule has 0 unspecified atom stereocenters. The fourth-order valence-corrected chi connectivity index (χ4v) is 1.13. The van der Waals surface area contributed by atoms with Gasteiger partial charge in [0.05, 0.1) is 6.23 Å². The second kappa shape index (κ2) is 3.93. The Hall–Kier alpha value is 0.757. The van der Waals surface area contributed by atoms with Crippen molar-refractivity contribution in [3.8, 4) is 0 Å². The number of rotatable bonds is 2. The summed E-state index contributed by atoms with van der Waals surface area (Å²) in [5.41, 5.74) is 0. The van der Waals surface area contributed by atoms with Crippen LogP contribution in [0.5, 0.6) is 0 Å². The molecule has 0 saturated carbocycles. The van der Waals surface area contributed by atoms with E-state index in [9.17, 15) is 0 Å². The van der Waals surface area contributed by atoms with Crippen LogP contribution >= 0.6 is 22.2 Å². The lowest BCUT2D eigenvalue weighted by Crippen LogP contribution is -2.02. The van der Waals surface area contributed by atoms with Gasteiger partial charge in [0.15, 0.2) is 0 Å². The molecule has 0 N–H and O–H groups in total. The molecule has 0 radical (unpaired) electrons. The minimum absolute atomic E-state index is 0.545. The van der Waals surface area contributed by atoms with Crippen LogP contribution in [0, 0.1) is 0 Å². The quantitative estimate of drug-likeness (QED) is 0.413. The molecule has 0 bridgehead atoms. The van der Waals surface area contributed by atoms with Gasteiger partial charge < -0.3 is 4.74 Å². The zero-order valence-electron chi connectivity index (χ0n) is 3.45. The third kappa shape index (κ3) is 4.76. The van der Waals surface area contributed by atoms with Gasteiger partial charge in [0, 0.05) is 7.11 Å². The van der Waals surface area contributed by atoms with Crippen molar-refractivity contribution in [3.63, 3.8) is 0 Å². The minimum Gasteiger partial charge on any atom is -0.385 e. The smallest absolute Gasteiger partial charge is 0.261 e. The summed E-state index contributed by atoms with van der Waals surface area (Å²) in [7, 11) is 0.140. The van der Waals surface area contributed by atoms with E-state index in [4.69, 9.17) is 22.2 Å². The van der Waals surface area contributed by atoms with Gasteiger partial charge in [-0.1, -0.05) is 0 Å². The normalized spacial score (nSPS) is 10.0. The maximum Gasteiger partial charge on any atom is 0.261 e. The molecule has 4 heteroatoms. The van der Waals surface area contributed by atoms with Gasteiger partial charge in [-0.25, -0.2) is 0 Å². The molecular weight excluding hydrogens is 139 g/mol. The Bertz CT molecular complexity index is 32.7. The van der Waals surface area contributed by atoms with E-state index in [-0.39, 0.29) is 0 Å². The fraction of sp³-hybridized carbons (Fsp3) is 1.00. The molecular formula is C2H6Cl2OSi. The lowest BCUT2D eigenvalue weighted by Gasteiger charge is -1.90. The Morgan fingerprint density at radius 3 is 2.17 bits per heavy atom. The van der Waals surface area contributed by atoms with Crippen LogP contribution in [0.3, 0.4) is 0 Å². The predicted molar refractivity (Wildman–Crippen MR) is 30.7 cm³/mol. The lowest BCUT2D eigenvalue weighted by atomic mass is 11.5. The van der Waals surface area contributed by atoms with Crippen molar-refractivity contribution in [3.05, 3.63) is 0 Å². The number of halogens is 2. The maximum atomic E-state index is 5.36. The van der Waals surface area contributed by atoms with Crippen LogP contribution in [-0.2, 0) is 4.74 Å². The van der Waals surface area contributed by atoms with E-state index in [0.29, 0.717) is 6.23 Å². The number of ether oxygens (including phenoxy) is 1. The largest absolute Gasteiger partial charge is 0.385 e. The number of methoxy groups -OCH3 is 1. The average molecular weight is 145 g/mol. The zero-order chi connectivity index (χ0) is 4.99. The molecule has 0 aromatic heterocycles. The van der Waals surface area contributed by atoms with Crippen molar-refractivity contribution >= 4 is 29.6 Å². The molecule has 0 aromatic rings. The maximum absolute atomic E-state index is 5.36. The van der Waals surface area contributed by atoms with E-state index in [0.717, 1.165) is 0 Å². The molecule has 1 nitrogen and oxygen atoms in total. The summed E-state index contributed by atoms with van der Waals surface area (Å²) in [6.07, 6.45) is 0.545. The lowest BCUT2D eigenvalue weighted by molar-refractivity contribution is 0.252. The summed E-state index contributed by atoms with van der Waals surface area (Å²) in [5.74, 6) is 0. The van der Waals surface area contributed by atoms with E-state index >= 15 is 0 Å². The Balaban J connectivity index is 2.63. The summed E-state index contributed by atoms with van der Waals surface area (Å²) in [6.45, 7) is 0. The van der Waals surface area contributed by atoms with Gasteiger partial charge in [-0.3, -0.25) is 0 Å². The van der Waals surface area contributed by atoms with Crippen molar-refractivity contribution in [1.82, 2.24) is 0 Å². The molecule has 0 aromatic carbocycles. The highest BCUT2D eigenvalue weighted by molar-refractivity contribution is 7.33. The Kier molecular flexibility index (Phi) is 4.43. The van der Waals surface area contributed by atoms with E-state index in [1.165, 1.54) is 0 Å². The van der Waals surface area contributed by atoms with Crippen molar-refractivity contribution in [2.24, 2.45) is 0 Å². The molecule has 6 heavy (non-hydrogen) atoms. The van der Waals surface area contributed by atoms with E-state index in [1.807, 2.05) is 0 Å². The van der Waals surface area contributed by atoms with Gasteiger partial charge >= 0.3 is 0 Å². The third-order valence-electron chi connectivity index (χ3n) is 0.293. The molecule has 0 aliphatic carbocycles. The van der Waals surface area contributed by atoms with E-state index in [1.54, 1.807) is 7.11 Å². The zero-order valence-corrected chi connectivity index (χ0v) is 6.12. The van der Waals surface area contributed by atoms with Gasteiger partial charge in [-0.15, -0.1) is 22.2 Å². The van der Waals surface area contributed by atoms with Gasteiger partial charge in [-0.2, -0.15) is 0 Å². The first-order chi connectivity index (χ1) is 2.77. The molecule has 0 aliphatic heterocycles. The summed E-state index contributed by atoms with van der Waals surface area (Å²) >= 11 is 10.7. The van der Waals surface area contributed by atoms with Crippen LogP contribution < -0.4 is 0 Å². The first kappa shape index (κ1) is 6.76. The molecule has 38 valence electrons. The summed E-state index contributed by atoms with van der Waals surface area (Å²) in [4.78, 5) is 0. The van der Waals surface area contributed by atoms with Crippen LogP contribution in [0.15, 0.2) is 0 Å². The van der Waals surface area contributed by atoms with Crippen molar-refractivity contribution in [2.75, 3.05) is 13.3 Å². The summed E-state index contributed by atoms with van der Waals surface area (Å²) in [6, 6.07) is 0. The van der Waals surface area contributed by atoms with Gasteiger partial charge in [0.2, 0.25) is 0 Å². The molecule has 0 amide bonds. The van der Waals surface area contributed by atoms with Crippen LogP contribution in [0.2, 0.25) is 0 Å². The Labute approximate surface area is 48.2 Å². The first-order valence-electron chi connectivity index (χ1n) is 1.54. The van der Waals surface area contributed by atoms with Gasteiger partial charge in [0.1, 0.15) is 0 Å². The molecule has 0 saturated heterocycles. The van der Waals surface area contributed by atoms with Gasteiger partial charge in [0.25, 0.3) is 7.42 Å². The van der Waals surface area contributed by atoms with Crippen LogP contribution in [-0.4, -0.2) is 20.8 Å².